The molecule has 8 nitrogen and oxygen atoms in total. The molecule has 0 amide bonds. The normalized spacial score (nSPS) is 15.4. The summed E-state index contributed by atoms with van der Waals surface area (Å²) in [6, 6.07) is 11.8. The van der Waals surface area contributed by atoms with Crippen molar-refractivity contribution in [3.63, 3.8) is 0 Å². The van der Waals surface area contributed by atoms with E-state index in [9.17, 15) is 20.2 Å². The molecule has 1 aliphatic rings. The average Bonchev–Trinajstić information content (AvgIpc) is 2.91. The van der Waals surface area contributed by atoms with Gasteiger partial charge in [0.1, 0.15) is 0 Å². The lowest BCUT2D eigenvalue weighted by atomic mass is 10.1. The summed E-state index contributed by atoms with van der Waals surface area (Å²) in [7, 11) is 0. The van der Waals surface area contributed by atoms with E-state index in [1.54, 1.807) is 38.1 Å². The summed E-state index contributed by atoms with van der Waals surface area (Å²) in [5, 5.41) is 21.8. The highest BCUT2D eigenvalue weighted by atomic mass is 16.7. The van der Waals surface area contributed by atoms with Crippen LogP contribution in [0.15, 0.2) is 48.5 Å². The molecule has 128 valence electrons. The maximum absolute atomic E-state index is 11.0. The quantitative estimate of drug-likeness (QED) is 0.611. The number of hydrogen-bond acceptors (Lipinski definition) is 6. The Morgan fingerprint density at radius 2 is 1.36 bits per heavy atom. The number of benzene rings is 2. The van der Waals surface area contributed by atoms with E-state index < -0.39 is 15.6 Å². The summed E-state index contributed by atoms with van der Waals surface area (Å²) in [4.78, 5) is 20.8. The first kappa shape index (κ1) is 16.4. The first-order valence-corrected chi connectivity index (χ1v) is 7.39. The molecule has 0 saturated heterocycles. The van der Waals surface area contributed by atoms with E-state index in [2.05, 4.69) is 0 Å². The summed E-state index contributed by atoms with van der Waals surface area (Å²) >= 11 is 0. The smallest absolute Gasteiger partial charge is 0.270 e. The van der Waals surface area contributed by atoms with Crippen LogP contribution in [0.4, 0.5) is 11.4 Å². The van der Waals surface area contributed by atoms with Crippen molar-refractivity contribution in [2.45, 2.75) is 19.6 Å². The molecule has 0 saturated carbocycles. The number of nitro groups is 2. The molecule has 2 aromatic rings. The van der Waals surface area contributed by atoms with Crippen molar-refractivity contribution in [3.05, 3.63) is 79.9 Å². The van der Waals surface area contributed by atoms with E-state index >= 15 is 0 Å². The summed E-state index contributed by atoms with van der Waals surface area (Å²) in [6.07, 6.45) is 0. The minimum Gasteiger partial charge on any atom is -0.448 e. The molecule has 8 heteroatoms. The van der Waals surface area contributed by atoms with E-state index in [4.69, 9.17) is 9.47 Å². The van der Waals surface area contributed by atoms with Crippen molar-refractivity contribution < 1.29 is 19.3 Å². The molecule has 0 atom stereocenters. The van der Waals surface area contributed by atoms with Crippen LogP contribution in [0.1, 0.15) is 25.0 Å². The van der Waals surface area contributed by atoms with E-state index in [0.717, 1.165) is 0 Å². The van der Waals surface area contributed by atoms with Gasteiger partial charge in [-0.05, 0) is 12.1 Å². The van der Waals surface area contributed by atoms with Gasteiger partial charge in [0.15, 0.2) is 11.5 Å². The number of hydrogen-bond donors (Lipinski definition) is 0. The van der Waals surface area contributed by atoms with Crippen LogP contribution in [0.3, 0.4) is 0 Å². The van der Waals surface area contributed by atoms with Gasteiger partial charge in [-0.2, -0.15) is 0 Å². The third-order valence-corrected chi connectivity index (χ3v) is 3.56. The molecule has 0 N–H and O–H groups in total. The zero-order valence-electron chi connectivity index (χ0n) is 13.5. The molecule has 0 radical (unpaired) electrons. The second-order valence-corrected chi connectivity index (χ2v) is 5.87. The Balaban J connectivity index is 2.09. The van der Waals surface area contributed by atoms with Crippen molar-refractivity contribution in [2.24, 2.45) is 0 Å². The van der Waals surface area contributed by atoms with Gasteiger partial charge in [0.05, 0.1) is 9.85 Å². The Labute approximate surface area is 142 Å². The molecule has 0 fully saturated rings. The Morgan fingerprint density at radius 3 is 1.92 bits per heavy atom. The average molecular weight is 342 g/mol. The maximum atomic E-state index is 11.0. The number of non-ortho nitro benzene ring substituents is 2. The van der Waals surface area contributed by atoms with Gasteiger partial charge in [-0.3, -0.25) is 20.2 Å². The van der Waals surface area contributed by atoms with Crippen LogP contribution in [-0.4, -0.2) is 15.6 Å². The number of nitro benzene ring substituents is 2. The van der Waals surface area contributed by atoms with E-state index in [-0.39, 0.29) is 11.4 Å². The summed E-state index contributed by atoms with van der Waals surface area (Å²) in [5.74, 6) is -0.236. The number of nitrogens with zero attached hydrogens (tertiary/aromatic N) is 2. The molecule has 1 heterocycles. The zero-order valence-corrected chi connectivity index (χ0v) is 13.5. The Hall–Kier alpha value is -3.42. The van der Waals surface area contributed by atoms with Gasteiger partial charge in [-0.25, -0.2) is 0 Å². The molecule has 2 aromatic carbocycles. The lowest BCUT2D eigenvalue weighted by Gasteiger charge is -2.18. The highest BCUT2D eigenvalue weighted by Crippen LogP contribution is 2.42. The van der Waals surface area contributed by atoms with Gasteiger partial charge in [0.2, 0.25) is 5.79 Å². The van der Waals surface area contributed by atoms with Crippen LogP contribution in [0.5, 0.6) is 0 Å². The lowest BCUT2D eigenvalue weighted by Crippen LogP contribution is -2.20. The molecule has 0 aliphatic carbocycles. The van der Waals surface area contributed by atoms with Crippen LogP contribution >= 0.6 is 0 Å². The van der Waals surface area contributed by atoms with Gasteiger partial charge in [0.25, 0.3) is 11.4 Å². The van der Waals surface area contributed by atoms with Crippen molar-refractivity contribution >= 4 is 22.9 Å². The minimum absolute atomic E-state index is 0.0422. The van der Waals surface area contributed by atoms with E-state index in [0.29, 0.717) is 22.6 Å². The molecule has 0 bridgehead atoms. The van der Waals surface area contributed by atoms with Gasteiger partial charge in [-0.1, -0.05) is 12.1 Å². The highest BCUT2D eigenvalue weighted by molar-refractivity contribution is 5.86. The second-order valence-electron chi connectivity index (χ2n) is 5.87. The van der Waals surface area contributed by atoms with Crippen molar-refractivity contribution in [2.75, 3.05) is 0 Å². The van der Waals surface area contributed by atoms with Crippen LogP contribution in [0.25, 0.3) is 11.5 Å². The SMILES string of the molecule is CC1(C)OC(c2ccc([N+](=O)[O-])cc2)=C(c2cccc([N+](=O)[O-])c2)O1. The van der Waals surface area contributed by atoms with Gasteiger partial charge < -0.3 is 9.47 Å². The second kappa shape index (κ2) is 5.90. The fourth-order valence-electron chi connectivity index (χ4n) is 2.48. The third-order valence-electron chi connectivity index (χ3n) is 3.56. The van der Waals surface area contributed by atoms with Crippen molar-refractivity contribution in [3.8, 4) is 0 Å². The van der Waals surface area contributed by atoms with Gasteiger partial charge >= 0.3 is 0 Å². The minimum atomic E-state index is -0.961. The maximum Gasteiger partial charge on any atom is 0.270 e. The fourth-order valence-corrected chi connectivity index (χ4v) is 2.48. The topological polar surface area (TPSA) is 105 Å². The Morgan fingerprint density at radius 1 is 0.800 bits per heavy atom. The van der Waals surface area contributed by atoms with Crippen LogP contribution < -0.4 is 0 Å². The lowest BCUT2D eigenvalue weighted by molar-refractivity contribution is -0.385. The molecular weight excluding hydrogens is 328 g/mol. The van der Waals surface area contributed by atoms with Crippen LogP contribution in [-0.2, 0) is 9.47 Å². The van der Waals surface area contributed by atoms with E-state index in [1.807, 2.05) is 0 Å². The first-order chi connectivity index (χ1) is 11.8. The molecule has 0 aromatic heterocycles. The summed E-state index contributed by atoms with van der Waals surface area (Å²) in [5.41, 5.74) is 0.964. The van der Waals surface area contributed by atoms with E-state index in [1.165, 1.54) is 24.3 Å². The van der Waals surface area contributed by atoms with Crippen molar-refractivity contribution in [1.82, 2.24) is 0 Å². The molecule has 0 unspecified atom stereocenters. The predicted octanol–water partition coefficient (Wildman–Crippen LogP) is 4.11. The summed E-state index contributed by atoms with van der Waals surface area (Å²) in [6.45, 7) is 3.42. The van der Waals surface area contributed by atoms with Crippen LogP contribution in [0, 0.1) is 20.2 Å². The molecule has 1 aliphatic heterocycles. The summed E-state index contributed by atoms with van der Waals surface area (Å²) < 4.78 is 11.6. The zero-order chi connectivity index (χ0) is 18.2. The van der Waals surface area contributed by atoms with Gasteiger partial charge in [-0.15, -0.1) is 0 Å². The van der Waals surface area contributed by atoms with Crippen molar-refractivity contribution in [1.29, 1.82) is 0 Å². The van der Waals surface area contributed by atoms with Gasteiger partial charge in [0, 0.05) is 49.2 Å². The highest BCUT2D eigenvalue weighted by Gasteiger charge is 2.36. The Kier molecular flexibility index (Phi) is 3.88. The molecular formula is C17H14N2O6. The third kappa shape index (κ3) is 3.27. The Bertz CT molecular complexity index is 886. The first-order valence-electron chi connectivity index (χ1n) is 7.39. The van der Waals surface area contributed by atoms with Crippen LogP contribution in [0.2, 0.25) is 0 Å². The molecule has 3 rings (SSSR count). The molecule has 0 spiro atoms. The standard InChI is InChI=1S/C17H14N2O6/c1-17(2)24-15(11-6-8-13(9-7-11)18(20)21)16(25-17)12-4-3-5-14(10-12)19(22)23/h3-10H,1-2H3. The predicted molar refractivity (Wildman–Crippen MR) is 89.3 cm³/mol. The molecule has 25 heavy (non-hydrogen) atoms. The monoisotopic (exact) mass is 342 g/mol. The largest absolute Gasteiger partial charge is 0.448 e. The fraction of sp³-hybridized carbons (Fsp3) is 0.176. The number of ether oxygens (including phenoxy) is 2. The number of rotatable bonds is 4.